The Hall–Kier alpha value is -3.29. The smallest absolute Gasteiger partial charge is 0.220 e. The van der Waals surface area contributed by atoms with Gasteiger partial charge in [0.25, 0.3) is 0 Å². The molecule has 3 aromatic rings. The molecule has 1 heterocycles. The summed E-state index contributed by atoms with van der Waals surface area (Å²) in [4.78, 5) is 0. The fraction of sp³-hybridized carbons (Fsp3) is 0. The number of nitrogens with one attached hydrogen (secondary N) is 2. The average Bonchev–Trinajstić information content (AvgIpc) is 3.09. The first-order chi connectivity index (χ1) is 16.3. The van der Waals surface area contributed by atoms with Gasteiger partial charge in [0.2, 0.25) is 5.69 Å². The standard InChI is InChI=1S/C20H11F6N3.F6P/c21-11-4-1-5-12(22)18(11)17-10-28(19-13(23)6-2-7-14(19)24)27-29(17)20-15(25)8-3-9-16(20)26;1-7(2,3,4,5)6/h1-10,27H;/q;-1/p+1. The van der Waals surface area contributed by atoms with Gasteiger partial charge in [-0.25, -0.2) is 31.4 Å². The van der Waals surface area contributed by atoms with E-state index >= 15 is 0 Å². The number of nitrogens with zero attached hydrogens (tertiary/aromatic N) is 1. The van der Waals surface area contributed by atoms with Crippen molar-refractivity contribution in [3.63, 3.8) is 0 Å². The topological polar surface area (TPSA) is 19.7 Å². The second-order valence-electron chi connectivity index (χ2n) is 7.11. The Balaban J connectivity index is 0.000000454. The molecule has 36 heavy (non-hydrogen) atoms. The van der Waals surface area contributed by atoms with Crippen molar-refractivity contribution >= 4 is 24.9 Å². The first-order valence-corrected chi connectivity index (χ1v) is 11.4. The summed E-state index contributed by atoms with van der Waals surface area (Å²) in [5.74, 6) is -6.06. The number of anilines is 1. The number of hydrogen-bond donors (Lipinski definition) is 2. The molecule has 16 heteroatoms. The molecule has 0 fully saturated rings. The fourth-order valence-corrected chi connectivity index (χ4v) is 3.10. The molecule has 1 unspecified atom stereocenters. The van der Waals surface area contributed by atoms with Gasteiger partial charge in [-0.15, -0.1) is 0 Å². The van der Waals surface area contributed by atoms with Gasteiger partial charge in [0.1, 0.15) is 29.2 Å². The molecular formula is C20H12F12N3P. The molecule has 0 spiro atoms. The summed E-state index contributed by atoms with van der Waals surface area (Å²) in [5, 5.41) is 0.453. The predicted molar refractivity (Wildman–Crippen MR) is 107 cm³/mol. The van der Waals surface area contributed by atoms with Crippen LogP contribution in [-0.2, 0) is 0 Å². The van der Waals surface area contributed by atoms with Crippen LogP contribution in [0.15, 0.2) is 60.8 Å². The molecule has 1 atom stereocenters. The van der Waals surface area contributed by atoms with E-state index in [-0.39, 0.29) is 10.7 Å². The Morgan fingerprint density at radius 3 is 1.36 bits per heavy atom. The maximum Gasteiger partial charge on any atom is 0.228 e. The largest absolute Gasteiger partial charge is 0.228 e. The van der Waals surface area contributed by atoms with Gasteiger partial charge in [-0.2, -0.15) is 5.01 Å². The van der Waals surface area contributed by atoms with Crippen molar-refractivity contribution in [2.45, 2.75) is 0 Å². The van der Waals surface area contributed by atoms with Gasteiger partial charge < -0.3 is 0 Å². The Kier molecular flexibility index (Phi) is 6.58. The summed E-state index contributed by atoms with van der Waals surface area (Å²) in [6.07, 6.45) is 1.02. The number of para-hydroxylation sites is 2. The number of hydrogen-bond acceptors (Lipinski definition) is 2. The van der Waals surface area contributed by atoms with Gasteiger partial charge in [0, 0.05) is 0 Å². The molecule has 0 aliphatic carbocycles. The van der Waals surface area contributed by atoms with Gasteiger partial charge >= 0.3 is 33.0 Å². The van der Waals surface area contributed by atoms with E-state index in [4.69, 9.17) is 0 Å². The Bertz CT molecular complexity index is 1270. The molecule has 196 valence electrons. The van der Waals surface area contributed by atoms with Crippen LogP contribution in [0.25, 0.3) is 5.70 Å². The summed E-state index contributed by atoms with van der Waals surface area (Å²) < 4.78 is 145. The fourth-order valence-electron chi connectivity index (χ4n) is 3.10. The molecule has 3 nitrogen and oxygen atoms in total. The number of quaternary nitrogens is 1. The van der Waals surface area contributed by atoms with Crippen LogP contribution in [-0.4, -0.2) is 0 Å². The van der Waals surface area contributed by atoms with Crippen LogP contribution in [0.4, 0.5) is 62.9 Å². The van der Waals surface area contributed by atoms with Crippen molar-refractivity contribution in [1.82, 2.24) is 5.53 Å². The molecule has 0 amide bonds. The van der Waals surface area contributed by atoms with E-state index in [9.17, 15) is 51.5 Å². The number of benzene rings is 3. The van der Waals surface area contributed by atoms with Crippen molar-refractivity contribution in [2.24, 2.45) is 0 Å². The first kappa shape index (κ1) is 27.3. The van der Waals surface area contributed by atoms with Crippen LogP contribution in [0.5, 0.6) is 0 Å². The van der Waals surface area contributed by atoms with E-state index in [0.717, 1.165) is 60.8 Å². The van der Waals surface area contributed by atoms with Crippen LogP contribution < -0.4 is 15.6 Å². The maximum absolute atomic E-state index is 14.4. The van der Waals surface area contributed by atoms with Crippen LogP contribution in [0, 0.1) is 34.9 Å². The Morgan fingerprint density at radius 1 is 0.583 bits per heavy atom. The Morgan fingerprint density at radius 2 is 0.944 bits per heavy atom. The second-order valence-corrected chi connectivity index (χ2v) is 9.03. The third-order valence-corrected chi connectivity index (χ3v) is 4.37. The van der Waals surface area contributed by atoms with E-state index in [1.165, 1.54) is 0 Å². The molecule has 1 aliphatic rings. The van der Waals surface area contributed by atoms with Crippen molar-refractivity contribution in [3.8, 4) is 0 Å². The first-order valence-electron chi connectivity index (χ1n) is 9.38. The van der Waals surface area contributed by atoms with Crippen molar-refractivity contribution in [2.75, 3.05) is 5.01 Å². The minimum atomic E-state index is -10.7. The third-order valence-electron chi connectivity index (χ3n) is 4.37. The molecule has 0 radical (unpaired) electrons. The summed E-state index contributed by atoms with van der Waals surface area (Å²) >= 11 is 0. The number of hydrazine groups is 1. The predicted octanol–water partition coefficient (Wildman–Crippen LogP) is 7.36. The van der Waals surface area contributed by atoms with E-state index < -0.39 is 59.7 Å². The molecule has 4 rings (SSSR count). The van der Waals surface area contributed by atoms with Crippen LogP contribution in [0.2, 0.25) is 0 Å². The molecule has 0 aromatic heterocycles. The quantitative estimate of drug-likeness (QED) is 0.261. The summed E-state index contributed by atoms with van der Waals surface area (Å²) in [5.41, 5.74) is 0.251. The van der Waals surface area contributed by atoms with E-state index in [2.05, 4.69) is 5.53 Å². The monoisotopic (exact) mass is 553 g/mol. The van der Waals surface area contributed by atoms with Crippen LogP contribution >= 0.6 is 7.81 Å². The zero-order chi connectivity index (χ0) is 27.1. The van der Waals surface area contributed by atoms with E-state index in [1.54, 1.807) is 0 Å². The zero-order valence-electron chi connectivity index (χ0n) is 17.2. The molecule has 3 aromatic carbocycles. The maximum atomic E-state index is 14.4. The van der Waals surface area contributed by atoms with Crippen LogP contribution in [0.3, 0.4) is 0 Å². The summed E-state index contributed by atoms with van der Waals surface area (Å²) in [6, 6.07) is 9.12. The molecule has 1 aliphatic heterocycles. The number of halogens is 12. The minimum Gasteiger partial charge on any atom is -0.220 e. The van der Waals surface area contributed by atoms with E-state index in [1.807, 2.05) is 0 Å². The SMILES string of the molecule is F[P-](F)(F)(F)(F)F.Fc1cccc(F)c1C1=C[NH+](c2c(F)cccc2F)NN1c1c(F)cccc1F. The molecule has 0 bridgehead atoms. The summed E-state index contributed by atoms with van der Waals surface area (Å²) in [6.45, 7) is 0. The molecular weight excluding hydrogens is 541 g/mol. The van der Waals surface area contributed by atoms with Crippen LogP contribution in [0.1, 0.15) is 5.56 Å². The normalized spacial score (nSPS) is 17.6. The third kappa shape index (κ3) is 6.89. The van der Waals surface area contributed by atoms with Gasteiger partial charge in [-0.1, -0.05) is 23.7 Å². The van der Waals surface area contributed by atoms with Gasteiger partial charge in [-0.3, -0.25) is 0 Å². The molecule has 2 N–H and O–H groups in total. The zero-order valence-corrected chi connectivity index (χ0v) is 18.1. The summed E-state index contributed by atoms with van der Waals surface area (Å²) in [7, 11) is -10.7. The molecule has 0 saturated heterocycles. The van der Waals surface area contributed by atoms with E-state index in [0.29, 0.717) is 5.01 Å². The van der Waals surface area contributed by atoms with Gasteiger partial charge in [0.15, 0.2) is 23.3 Å². The number of rotatable bonds is 3. The van der Waals surface area contributed by atoms with Crippen molar-refractivity contribution in [1.29, 1.82) is 0 Å². The molecule has 0 saturated carbocycles. The second kappa shape index (κ2) is 8.68. The van der Waals surface area contributed by atoms with Crippen molar-refractivity contribution in [3.05, 3.63) is 101 Å². The average molecular weight is 553 g/mol. The van der Waals surface area contributed by atoms with Gasteiger partial charge in [-0.05, 0) is 36.4 Å². The minimum absolute atomic E-state index is 0.263. The Labute approximate surface area is 194 Å². The van der Waals surface area contributed by atoms with Gasteiger partial charge in [0.05, 0.1) is 5.56 Å². The van der Waals surface area contributed by atoms with Crippen molar-refractivity contribution < 1.29 is 56.5 Å².